The normalized spacial score (nSPS) is 10.2. The van der Waals surface area contributed by atoms with Crippen molar-refractivity contribution in [2.24, 2.45) is 0 Å². The van der Waals surface area contributed by atoms with E-state index < -0.39 is 0 Å². The molecule has 0 aromatic heterocycles. The molecule has 0 saturated heterocycles. The fourth-order valence-corrected chi connectivity index (χ4v) is 2.58. The largest absolute Gasteiger partial charge is 0.493 e. The second-order valence-electron chi connectivity index (χ2n) is 4.37. The Kier molecular flexibility index (Phi) is 5.69. The van der Waals surface area contributed by atoms with Gasteiger partial charge in [0.15, 0.2) is 5.78 Å². The third kappa shape index (κ3) is 4.14. The van der Waals surface area contributed by atoms with Crippen LogP contribution in [0.3, 0.4) is 0 Å². The Morgan fingerprint density at radius 2 is 1.75 bits per heavy atom. The van der Waals surface area contributed by atoms with Gasteiger partial charge >= 0.3 is 0 Å². The van der Waals surface area contributed by atoms with Crippen LogP contribution in [0.25, 0.3) is 0 Å². The number of carbonyl (C=O) groups is 1. The van der Waals surface area contributed by atoms with Gasteiger partial charge in [0.25, 0.3) is 0 Å². The van der Waals surface area contributed by atoms with Crippen LogP contribution in [0.1, 0.15) is 23.7 Å². The summed E-state index contributed by atoms with van der Waals surface area (Å²) in [4.78, 5) is 13.4. The molecule has 0 unspecified atom stereocenters. The number of benzene rings is 2. The monoisotopic (exact) mass is 286 g/mol. The van der Waals surface area contributed by atoms with E-state index in [-0.39, 0.29) is 5.78 Å². The van der Waals surface area contributed by atoms with Crippen LogP contribution in [0, 0.1) is 0 Å². The van der Waals surface area contributed by atoms with E-state index in [0.717, 1.165) is 11.3 Å². The van der Waals surface area contributed by atoms with Crippen molar-refractivity contribution >= 4 is 17.5 Å². The van der Waals surface area contributed by atoms with Crippen LogP contribution < -0.4 is 4.74 Å². The third-order valence-corrected chi connectivity index (χ3v) is 3.77. The van der Waals surface area contributed by atoms with Crippen LogP contribution in [-0.2, 0) is 0 Å². The molecule has 0 heterocycles. The lowest BCUT2D eigenvalue weighted by Crippen LogP contribution is -2.06. The average molecular weight is 286 g/mol. The van der Waals surface area contributed by atoms with Gasteiger partial charge < -0.3 is 4.74 Å². The van der Waals surface area contributed by atoms with Gasteiger partial charge in [0, 0.05) is 4.90 Å². The van der Waals surface area contributed by atoms with E-state index in [1.165, 1.54) is 0 Å². The zero-order valence-electron chi connectivity index (χ0n) is 11.5. The number of para-hydroxylation sites is 1. The molecular weight excluding hydrogens is 268 g/mol. The summed E-state index contributed by atoms with van der Waals surface area (Å²) < 4.78 is 5.63. The highest BCUT2D eigenvalue weighted by Gasteiger charge is 2.12. The van der Waals surface area contributed by atoms with Crippen LogP contribution in [-0.4, -0.2) is 18.1 Å². The fourth-order valence-electron chi connectivity index (χ4n) is 1.78. The van der Waals surface area contributed by atoms with Crippen molar-refractivity contribution < 1.29 is 9.53 Å². The maximum absolute atomic E-state index is 12.3. The van der Waals surface area contributed by atoms with E-state index >= 15 is 0 Å². The third-order valence-electron chi connectivity index (χ3n) is 2.76. The quantitative estimate of drug-likeness (QED) is 0.555. The molecule has 2 rings (SSSR count). The van der Waals surface area contributed by atoms with Crippen LogP contribution in [0.15, 0.2) is 59.5 Å². The molecular formula is C17H18O2S. The minimum absolute atomic E-state index is 0.102. The zero-order valence-corrected chi connectivity index (χ0v) is 12.4. The summed E-state index contributed by atoms with van der Waals surface area (Å²) in [5.41, 5.74) is 0.671. The van der Waals surface area contributed by atoms with Crippen molar-refractivity contribution in [2.45, 2.75) is 18.2 Å². The lowest BCUT2D eigenvalue weighted by molar-refractivity contribution is 0.101. The number of ether oxygens (including phenoxy) is 1. The Labute approximate surface area is 124 Å². The summed E-state index contributed by atoms with van der Waals surface area (Å²) in [6.07, 6.45) is 0.932. The van der Waals surface area contributed by atoms with Crippen molar-refractivity contribution in [3.8, 4) is 5.75 Å². The summed E-state index contributed by atoms with van der Waals surface area (Å²) in [7, 11) is 0. The number of rotatable bonds is 7. The van der Waals surface area contributed by atoms with Crippen molar-refractivity contribution in [3.05, 3.63) is 60.2 Å². The molecule has 20 heavy (non-hydrogen) atoms. The molecule has 0 radical (unpaired) electrons. The highest BCUT2D eigenvalue weighted by molar-refractivity contribution is 8.00. The van der Waals surface area contributed by atoms with E-state index in [2.05, 4.69) is 6.92 Å². The van der Waals surface area contributed by atoms with E-state index in [0.29, 0.717) is 23.7 Å². The van der Waals surface area contributed by atoms with E-state index in [4.69, 9.17) is 4.74 Å². The zero-order chi connectivity index (χ0) is 14.2. The Morgan fingerprint density at radius 3 is 2.50 bits per heavy atom. The summed E-state index contributed by atoms with van der Waals surface area (Å²) in [5.74, 6) is 1.22. The minimum atomic E-state index is 0.102. The van der Waals surface area contributed by atoms with E-state index in [1.807, 2.05) is 54.6 Å². The summed E-state index contributed by atoms with van der Waals surface area (Å²) in [6, 6.07) is 17.4. The van der Waals surface area contributed by atoms with Gasteiger partial charge in [0.2, 0.25) is 0 Å². The molecule has 0 amide bonds. The first-order valence-corrected chi connectivity index (χ1v) is 7.72. The SMILES string of the molecule is CCCOc1ccccc1C(=O)CSc1ccccc1. The minimum Gasteiger partial charge on any atom is -0.493 e. The van der Waals surface area contributed by atoms with Crippen LogP contribution in [0.2, 0.25) is 0 Å². The molecule has 0 N–H and O–H groups in total. The van der Waals surface area contributed by atoms with Gasteiger partial charge in [-0.2, -0.15) is 0 Å². The smallest absolute Gasteiger partial charge is 0.176 e. The molecule has 2 aromatic carbocycles. The van der Waals surface area contributed by atoms with Gasteiger partial charge in [-0.05, 0) is 30.7 Å². The molecule has 0 atom stereocenters. The maximum Gasteiger partial charge on any atom is 0.176 e. The molecule has 104 valence electrons. The molecule has 0 bridgehead atoms. The molecule has 0 spiro atoms. The molecule has 0 saturated carbocycles. The first-order chi connectivity index (χ1) is 9.81. The Bertz CT molecular complexity index is 552. The van der Waals surface area contributed by atoms with Gasteiger partial charge in [0.1, 0.15) is 5.75 Å². The van der Waals surface area contributed by atoms with Gasteiger partial charge in [-0.3, -0.25) is 4.79 Å². The lowest BCUT2D eigenvalue weighted by atomic mass is 10.1. The van der Waals surface area contributed by atoms with Gasteiger partial charge in [-0.15, -0.1) is 11.8 Å². The highest BCUT2D eigenvalue weighted by atomic mass is 32.2. The van der Waals surface area contributed by atoms with Crippen LogP contribution >= 0.6 is 11.8 Å². The maximum atomic E-state index is 12.3. The molecule has 0 aliphatic carbocycles. The van der Waals surface area contributed by atoms with E-state index in [1.54, 1.807) is 11.8 Å². The molecule has 3 heteroatoms. The Balaban J connectivity index is 2.01. The number of ketones is 1. The number of hydrogen-bond donors (Lipinski definition) is 0. The molecule has 0 aliphatic heterocycles. The predicted molar refractivity (Wildman–Crippen MR) is 83.7 cm³/mol. The second-order valence-corrected chi connectivity index (χ2v) is 5.42. The number of Topliss-reactive ketones (excluding diaryl/α,β-unsaturated/α-hetero) is 1. The van der Waals surface area contributed by atoms with Gasteiger partial charge in [0.05, 0.1) is 17.9 Å². The van der Waals surface area contributed by atoms with Gasteiger partial charge in [-0.25, -0.2) is 0 Å². The number of thioether (sulfide) groups is 1. The lowest BCUT2D eigenvalue weighted by Gasteiger charge is -2.09. The van der Waals surface area contributed by atoms with Crippen molar-refractivity contribution in [3.63, 3.8) is 0 Å². The predicted octanol–water partition coefficient (Wildman–Crippen LogP) is 4.45. The van der Waals surface area contributed by atoms with Crippen molar-refractivity contribution in [1.29, 1.82) is 0 Å². The topological polar surface area (TPSA) is 26.3 Å². The van der Waals surface area contributed by atoms with E-state index in [9.17, 15) is 4.79 Å². The fraction of sp³-hybridized carbons (Fsp3) is 0.235. The Hall–Kier alpha value is -1.74. The van der Waals surface area contributed by atoms with Crippen molar-refractivity contribution in [2.75, 3.05) is 12.4 Å². The van der Waals surface area contributed by atoms with Crippen LogP contribution in [0.5, 0.6) is 5.75 Å². The average Bonchev–Trinajstić information content (AvgIpc) is 2.52. The Morgan fingerprint density at radius 1 is 1.05 bits per heavy atom. The molecule has 0 aliphatic rings. The van der Waals surface area contributed by atoms with Gasteiger partial charge in [-0.1, -0.05) is 37.3 Å². The molecule has 2 aromatic rings. The summed E-state index contributed by atoms with van der Waals surface area (Å²) >= 11 is 1.55. The number of hydrogen-bond acceptors (Lipinski definition) is 3. The summed E-state index contributed by atoms with van der Waals surface area (Å²) in [6.45, 7) is 2.69. The number of carbonyl (C=O) groups excluding carboxylic acids is 1. The summed E-state index contributed by atoms with van der Waals surface area (Å²) in [5, 5.41) is 0. The highest BCUT2D eigenvalue weighted by Crippen LogP contribution is 2.23. The first kappa shape index (κ1) is 14.7. The van der Waals surface area contributed by atoms with Crippen molar-refractivity contribution in [1.82, 2.24) is 0 Å². The van der Waals surface area contributed by atoms with Crippen LogP contribution in [0.4, 0.5) is 0 Å². The second kappa shape index (κ2) is 7.75. The first-order valence-electron chi connectivity index (χ1n) is 6.74. The standard InChI is InChI=1S/C17H18O2S/c1-2-12-19-17-11-7-6-10-15(17)16(18)13-20-14-8-4-3-5-9-14/h3-11H,2,12-13H2,1H3. The molecule has 2 nitrogen and oxygen atoms in total. The molecule has 0 fully saturated rings.